The SMILES string of the molecule is C=C.FC1(F)CCCCC1. The van der Waals surface area contributed by atoms with Gasteiger partial charge >= 0.3 is 0 Å². The van der Waals surface area contributed by atoms with Crippen LogP contribution >= 0.6 is 0 Å². The third-order valence-corrected chi connectivity index (χ3v) is 1.59. The average molecular weight is 148 g/mol. The summed E-state index contributed by atoms with van der Waals surface area (Å²) >= 11 is 0. The van der Waals surface area contributed by atoms with Gasteiger partial charge in [-0.25, -0.2) is 8.78 Å². The second kappa shape index (κ2) is 4.42. The van der Waals surface area contributed by atoms with Crippen molar-refractivity contribution in [2.24, 2.45) is 0 Å². The Bertz CT molecular complexity index is 81.3. The first-order valence-electron chi connectivity index (χ1n) is 3.59. The van der Waals surface area contributed by atoms with Crippen molar-refractivity contribution in [3.63, 3.8) is 0 Å². The quantitative estimate of drug-likeness (QED) is 0.462. The highest BCUT2D eigenvalue weighted by molar-refractivity contribution is 4.70. The summed E-state index contributed by atoms with van der Waals surface area (Å²) in [5, 5.41) is 0. The fraction of sp³-hybridized carbons (Fsp3) is 0.750. The third-order valence-electron chi connectivity index (χ3n) is 1.59. The molecule has 1 fully saturated rings. The van der Waals surface area contributed by atoms with Crippen molar-refractivity contribution in [1.82, 2.24) is 0 Å². The number of alkyl halides is 2. The van der Waals surface area contributed by atoms with Gasteiger partial charge in [0.1, 0.15) is 0 Å². The molecule has 2 heteroatoms. The van der Waals surface area contributed by atoms with E-state index in [0.29, 0.717) is 12.8 Å². The van der Waals surface area contributed by atoms with Crippen molar-refractivity contribution >= 4 is 0 Å². The molecule has 0 radical (unpaired) electrons. The van der Waals surface area contributed by atoms with Crippen molar-refractivity contribution < 1.29 is 8.78 Å². The zero-order chi connectivity index (χ0) is 8.04. The molecule has 0 amide bonds. The van der Waals surface area contributed by atoms with Gasteiger partial charge < -0.3 is 0 Å². The molecule has 1 aliphatic carbocycles. The van der Waals surface area contributed by atoms with Crippen molar-refractivity contribution in [2.75, 3.05) is 0 Å². The number of rotatable bonds is 0. The molecule has 0 saturated heterocycles. The van der Waals surface area contributed by atoms with Gasteiger partial charge in [0.05, 0.1) is 0 Å². The fourth-order valence-electron chi connectivity index (χ4n) is 1.07. The molecular formula is C8H14F2. The summed E-state index contributed by atoms with van der Waals surface area (Å²) in [7, 11) is 0. The highest BCUT2D eigenvalue weighted by Gasteiger charge is 2.30. The smallest absolute Gasteiger partial charge is 0.207 e. The average Bonchev–Trinajstić information content (AvgIpc) is 1.92. The van der Waals surface area contributed by atoms with Crippen LogP contribution in [0, 0.1) is 0 Å². The summed E-state index contributed by atoms with van der Waals surface area (Å²) in [6.45, 7) is 6.00. The van der Waals surface area contributed by atoms with Gasteiger partial charge in [-0.15, -0.1) is 13.2 Å². The lowest BCUT2D eigenvalue weighted by molar-refractivity contribution is -0.0337. The lowest BCUT2D eigenvalue weighted by Crippen LogP contribution is -2.18. The summed E-state index contributed by atoms with van der Waals surface area (Å²) in [5.74, 6) is -2.32. The van der Waals surface area contributed by atoms with Crippen LogP contribution in [-0.4, -0.2) is 5.92 Å². The number of hydrogen-bond acceptors (Lipinski definition) is 0. The molecule has 0 atom stereocenters. The summed E-state index contributed by atoms with van der Waals surface area (Å²) in [5.41, 5.74) is 0. The van der Waals surface area contributed by atoms with E-state index >= 15 is 0 Å². The largest absolute Gasteiger partial charge is 0.248 e. The first kappa shape index (κ1) is 9.60. The molecule has 0 bridgehead atoms. The Labute approximate surface area is 60.9 Å². The minimum absolute atomic E-state index is 0.118. The first-order chi connectivity index (χ1) is 4.71. The summed E-state index contributed by atoms with van der Waals surface area (Å²) in [6, 6.07) is 0. The minimum Gasteiger partial charge on any atom is -0.207 e. The standard InChI is InChI=1S/C6H10F2.C2H4/c7-6(8)4-2-1-3-5-6;1-2/h1-5H2;1-2H2. The predicted octanol–water partition coefficient (Wildman–Crippen LogP) is 3.39. The Morgan fingerprint density at radius 3 is 1.50 bits per heavy atom. The molecular weight excluding hydrogens is 134 g/mol. The van der Waals surface area contributed by atoms with Gasteiger partial charge in [-0.3, -0.25) is 0 Å². The lowest BCUT2D eigenvalue weighted by Gasteiger charge is -2.20. The maximum Gasteiger partial charge on any atom is 0.248 e. The van der Waals surface area contributed by atoms with Crippen LogP contribution in [0.15, 0.2) is 13.2 Å². The predicted molar refractivity (Wildman–Crippen MR) is 39.3 cm³/mol. The van der Waals surface area contributed by atoms with E-state index in [1.54, 1.807) is 0 Å². The highest BCUT2D eigenvalue weighted by atomic mass is 19.3. The monoisotopic (exact) mass is 148 g/mol. The Morgan fingerprint density at radius 1 is 0.900 bits per heavy atom. The zero-order valence-corrected chi connectivity index (χ0v) is 6.21. The lowest BCUT2D eigenvalue weighted by atomic mass is 9.97. The van der Waals surface area contributed by atoms with E-state index in [2.05, 4.69) is 13.2 Å². The first-order valence-corrected chi connectivity index (χ1v) is 3.59. The van der Waals surface area contributed by atoms with Gasteiger partial charge in [0.15, 0.2) is 0 Å². The Morgan fingerprint density at radius 2 is 1.30 bits per heavy atom. The van der Waals surface area contributed by atoms with Crippen molar-refractivity contribution in [1.29, 1.82) is 0 Å². The van der Waals surface area contributed by atoms with Gasteiger partial charge in [0.25, 0.3) is 0 Å². The van der Waals surface area contributed by atoms with Crippen molar-refractivity contribution in [2.45, 2.75) is 38.0 Å². The topological polar surface area (TPSA) is 0 Å². The van der Waals surface area contributed by atoms with E-state index < -0.39 is 5.92 Å². The summed E-state index contributed by atoms with van der Waals surface area (Å²) in [4.78, 5) is 0. The van der Waals surface area contributed by atoms with E-state index in [1.807, 2.05) is 0 Å². The Kier molecular flexibility index (Phi) is 4.24. The van der Waals surface area contributed by atoms with E-state index in [9.17, 15) is 8.78 Å². The highest BCUT2D eigenvalue weighted by Crippen LogP contribution is 2.32. The second-order valence-corrected chi connectivity index (χ2v) is 2.42. The molecule has 1 aliphatic rings. The van der Waals surface area contributed by atoms with Crippen LogP contribution in [0.5, 0.6) is 0 Å². The van der Waals surface area contributed by atoms with E-state index in [4.69, 9.17) is 0 Å². The van der Waals surface area contributed by atoms with Gasteiger partial charge in [-0.2, -0.15) is 0 Å². The molecule has 0 unspecified atom stereocenters. The second-order valence-electron chi connectivity index (χ2n) is 2.42. The minimum atomic E-state index is -2.32. The van der Waals surface area contributed by atoms with Crippen LogP contribution in [0.2, 0.25) is 0 Å². The molecule has 0 aromatic rings. The molecule has 0 aliphatic heterocycles. The third kappa shape index (κ3) is 3.59. The van der Waals surface area contributed by atoms with Crippen molar-refractivity contribution in [3.8, 4) is 0 Å². The molecule has 0 spiro atoms. The normalized spacial score (nSPS) is 22.6. The Hall–Kier alpha value is -0.400. The van der Waals surface area contributed by atoms with Gasteiger partial charge in [-0.1, -0.05) is 6.42 Å². The van der Waals surface area contributed by atoms with Gasteiger partial charge in [-0.05, 0) is 12.8 Å². The van der Waals surface area contributed by atoms with Crippen molar-refractivity contribution in [3.05, 3.63) is 13.2 Å². The van der Waals surface area contributed by atoms with Gasteiger partial charge in [0.2, 0.25) is 5.92 Å². The molecule has 1 rings (SSSR count). The molecule has 60 valence electrons. The number of hydrogen-bond donors (Lipinski definition) is 0. The van der Waals surface area contributed by atoms with Crippen LogP contribution in [-0.2, 0) is 0 Å². The van der Waals surface area contributed by atoms with Crippen LogP contribution in [0.4, 0.5) is 8.78 Å². The molecule has 1 saturated carbocycles. The van der Waals surface area contributed by atoms with E-state index in [0.717, 1.165) is 6.42 Å². The summed E-state index contributed by atoms with van der Waals surface area (Å²) < 4.78 is 24.4. The molecule has 0 aromatic heterocycles. The fourth-order valence-corrected chi connectivity index (χ4v) is 1.07. The maximum absolute atomic E-state index is 12.2. The van der Waals surface area contributed by atoms with Crippen LogP contribution in [0.25, 0.3) is 0 Å². The molecule has 0 aromatic carbocycles. The Balaban J connectivity index is 0.000000371. The van der Waals surface area contributed by atoms with E-state index in [-0.39, 0.29) is 12.8 Å². The number of halogens is 2. The molecule has 10 heavy (non-hydrogen) atoms. The van der Waals surface area contributed by atoms with E-state index in [1.165, 1.54) is 0 Å². The molecule has 0 N–H and O–H groups in total. The summed E-state index contributed by atoms with van der Waals surface area (Å²) in [6.07, 6.45) is 2.66. The molecule has 0 heterocycles. The van der Waals surface area contributed by atoms with Crippen LogP contribution < -0.4 is 0 Å². The zero-order valence-electron chi connectivity index (χ0n) is 6.21. The van der Waals surface area contributed by atoms with Gasteiger partial charge in [0, 0.05) is 12.8 Å². The van der Waals surface area contributed by atoms with Crippen LogP contribution in [0.1, 0.15) is 32.1 Å². The molecule has 0 nitrogen and oxygen atoms in total. The van der Waals surface area contributed by atoms with Crippen LogP contribution in [0.3, 0.4) is 0 Å². The maximum atomic E-state index is 12.2.